The Hall–Kier alpha value is -1.92. The Morgan fingerprint density at radius 1 is 1.25 bits per heavy atom. The summed E-state index contributed by atoms with van der Waals surface area (Å²) in [4.78, 5) is 11.7. The van der Waals surface area contributed by atoms with E-state index in [1.165, 1.54) is 18.4 Å². The lowest BCUT2D eigenvalue weighted by molar-refractivity contribution is 0.0988. The lowest BCUT2D eigenvalue weighted by Gasteiger charge is -2.06. The summed E-state index contributed by atoms with van der Waals surface area (Å²) in [5.41, 5.74) is 0.397. The number of hydrogen-bond acceptors (Lipinski definition) is 4. The molecule has 106 valence electrons. The smallest absolute Gasteiger partial charge is 0.240 e. The van der Waals surface area contributed by atoms with E-state index in [4.69, 9.17) is 4.42 Å². The highest BCUT2D eigenvalue weighted by Gasteiger charge is 2.16. The van der Waals surface area contributed by atoms with E-state index >= 15 is 0 Å². The summed E-state index contributed by atoms with van der Waals surface area (Å²) in [5, 5.41) is 0. The minimum atomic E-state index is -3.66. The first kappa shape index (κ1) is 14.5. The predicted octanol–water partition coefficient (Wildman–Crippen LogP) is 2.35. The maximum atomic E-state index is 12.1. The highest BCUT2D eigenvalue weighted by atomic mass is 32.2. The van der Waals surface area contributed by atoms with Crippen molar-refractivity contribution in [2.24, 2.45) is 0 Å². The molecule has 0 saturated carbocycles. The lowest BCUT2D eigenvalue weighted by atomic mass is 10.1. The molecule has 1 N–H and O–H groups in total. The highest BCUT2D eigenvalue weighted by Crippen LogP contribution is 2.13. The summed E-state index contributed by atoms with van der Waals surface area (Å²) in [5.74, 6) is 0.433. The molecule has 1 aromatic carbocycles. The van der Waals surface area contributed by atoms with Crippen molar-refractivity contribution in [3.63, 3.8) is 0 Å². The predicted molar refractivity (Wildman–Crippen MR) is 73.8 cm³/mol. The minimum Gasteiger partial charge on any atom is -0.468 e. The van der Waals surface area contributed by atoms with Gasteiger partial charge in [0.25, 0.3) is 0 Å². The second kappa shape index (κ2) is 6.02. The average molecular weight is 293 g/mol. The van der Waals surface area contributed by atoms with Gasteiger partial charge in [-0.2, -0.15) is 0 Å². The van der Waals surface area contributed by atoms with Gasteiger partial charge in [0, 0.05) is 12.0 Å². The van der Waals surface area contributed by atoms with Gasteiger partial charge in [-0.3, -0.25) is 4.79 Å². The molecule has 0 unspecified atom stereocenters. The number of rotatable bonds is 6. The summed E-state index contributed by atoms with van der Waals surface area (Å²) in [6, 6.07) is 9.37. The molecule has 0 amide bonds. The van der Waals surface area contributed by atoms with Crippen molar-refractivity contribution in [3.05, 3.63) is 54.0 Å². The Labute approximate surface area is 117 Å². The van der Waals surface area contributed by atoms with Crippen LogP contribution >= 0.6 is 0 Å². The molecule has 2 rings (SSSR count). The van der Waals surface area contributed by atoms with Gasteiger partial charge in [-0.15, -0.1) is 0 Å². The number of hydrogen-bond donors (Lipinski definition) is 1. The van der Waals surface area contributed by atoms with Crippen LogP contribution in [0.25, 0.3) is 0 Å². The van der Waals surface area contributed by atoms with Crippen molar-refractivity contribution >= 4 is 15.8 Å². The third-order valence-corrected chi connectivity index (χ3v) is 4.20. The van der Waals surface area contributed by atoms with E-state index in [9.17, 15) is 13.2 Å². The standard InChI is InChI=1S/C14H15NO4S/c1-2-14(16)11-5-3-7-13(9-11)20(17,18)15-10-12-6-4-8-19-12/h3-9,15H,2,10H2,1H3. The molecule has 6 heteroatoms. The Morgan fingerprint density at radius 2 is 2.05 bits per heavy atom. The van der Waals surface area contributed by atoms with Crippen LogP contribution in [0.1, 0.15) is 29.5 Å². The molecule has 0 saturated heterocycles. The molecule has 5 nitrogen and oxygen atoms in total. The maximum absolute atomic E-state index is 12.1. The molecule has 0 aliphatic heterocycles. The summed E-state index contributed by atoms with van der Waals surface area (Å²) in [6.45, 7) is 1.81. The summed E-state index contributed by atoms with van der Waals surface area (Å²) in [6.07, 6.45) is 1.81. The van der Waals surface area contributed by atoms with Crippen LogP contribution in [0.15, 0.2) is 52.0 Å². The molecule has 1 aromatic heterocycles. The Morgan fingerprint density at radius 3 is 2.70 bits per heavy atom. The molecule has 1 heterocycles. The fourth-order valence-corrected chi connectivity index (χ4v) is 2.74. The lowest BCUT2D eigenvalue weighted by Crippen LogP contribution is -2.23. The van der Waals surface area contributed by atoms with Crippen LogP contribution in [0.4, 0.5) is 0 Å². The molecule has 0 atom stereocenters. The molecule has 20 heavy (non-hydrogen) atoms. The largest absolute Gasteiger partial charge is 0.468 e. The molecule has 2 aromatic rings. The van der Waals surface area contributed by atoms with Gasteiger partial charge in [0.2, 0.25) is 10.0 Å². The fraction of sp³-hybridized carbons (Fsp3) is 0.214. The van der Waals surface area contributed by atoms with Crippen molar-refractivity contribution in [1.29, 1.82) is 0 Å². The van der Waals surface area contributed by atoms with Crippen LogP contribution in [-0.2, 0) is 16.6 Å². The molecule has 0 aliphatic carbocycles. The van der Waals surface area contributed by atoms with Gasteiger partial charge in [0.05, 0.1) is 17.7 Å². The number of sulfonamides is 1. The van der Waals surface area contributed by atoms with Gasteiger partial charge in [-0.05, 0) is 24.3 Å². The van der Waals surface area contributed by atoms with E-state index in [2.05, 4.69) is 4.72 Å². The van der Waals surface area contributed by atoms with Gasteiger partial charge in [0.1, 0.15) is 5.76 Å². The van der Waals surface area contributed by atoms with Gasteiger partial charge in [-0.25, -0.2) is 13.1 Å². The molecule has 0 radical (unpaired) electrons. The van der Waals surface area contributed by atoms with Gasteiger partial charge < -0.3 is 4.42 Å². The van der Waals surface area contributed by atoms with E-state index in [-0.39, 0.29) is 17.2 Å². The van der Waals surface area contributed by atoms with Gasteiger partial charge in [0.15, 0.2) is 5.78 Å². The van der Waals surface area contributed by atoms with E-state index in [0.717, 1.165) is 0 Å². The third kappa shape index (κ3) is 3.34. The molecular weight excluding hydrogens is 278 g/mol. The topological polar surface area (TPSA) is 76.4 Å². The van der Waals surface area contributed by atoms with E-state index < -0.39 is 10.0 Å². The third-order valence-electron chi connectivity index (χ3n) is 2.80. The Balaban J connectivity index is 2.18. The number of ketones is 1. The van der Waals surface area contributed by atoms with Gasteiger partial charge >= 0.3 is 0 Å². The highest BCUT2D eigenvalue weighted by molar-refractivity contribution is 7.89. The number of carbonyl (C=O) groups is 1. The fourth-order valence-electron chi connectivity index (χ4n) is 1.70. The quantitative estimate of drug-likeness (QED) is 0.829. The second-order valence-electron chi connectivity index (χ2n) is 4.21. The van der Waals surface area contributed by atoms with Crippen molar-refractivity contribution in [1.82, 2.24) is 4.72 Å². The summed E-state index contributed by atoms with van der Waals surface area (Å²) in [7, 11) is -3.66. The zero-order chi connectivity index (χ0) is 14.6. The SMILES string of the molecule is CCC(=O)c1cccc(S(=O)(=O)NCc2ccco2)c1. The number of nitrogens with one attached hydrogen (secondary N) is 1. The van der Waals surface area contributed by atoms with E-state index in [1.807, 2.05) is 0 Å². The van der Waals surface area contributed by atoms with Crippen molar-refractivity contribution < 1.29 is 17.6 Å². The zero-order valence-corrected chi connectivity index (χ0v) is 11.8. The monoisotopic (exact) mass is 293 g/mol. The first-order valence-electron chi connectivity index (χ1n) is 6.18. The van der Waals surface area contributed by atoms with Crippen LogP contribution in [0.2, 0.25) is 0 Å². The van der Waals surface area contributed by atoms with Crippen molar-refractivity contribution in [2.45, 2.75) is 24.8 Å². The second-order valence-corrected chi connectivity index (χ2v) is 5.98. The normalized spacial score (nSPS) is 11.4. The Bertz CT molecular complexity index is 690. The minimum absolute atomic E-state index is 0.0707. The average Bonchev–Trinajstić information content (AvgIpc) is 2.98. The van der Waals surface area contributed by atoms with Crippen molar-refractivity contribution in [3.8, 4) is 0 Å². The summed E-state index contributed by atoms with van der Waals surface area (Å²) >= 11 is 0. The van der Waals surface area contributed by atoms with Crippen LogP contribution in [0, 0.1) is 0 Å². The molecule has 0 aliphatic rings. The summed E-state index contributed by atoms with van der Waals surface area (Å²) < 4.78 is 31.7. The maximum Gasteiger partial charge on any atom is 0.240 e. The van der Waals surface area contributed by atoms with Crippen LogP contribution in [-0.4, -0.2) is 14.2 Å². The number of Topliss-reactive ketones (excluding diaryl/α,β-unsaturated/α-hetero) is 1. The number of furan rings is 1. The van der Waals surface area contributed by atoms with E-state index in [0.29, 0.717) is 17.7 Å². The van der Waals surface area contributed by atoms with Crippen molar-refractivity contribution in [2.75, 3.05) is 0 Å². The molecule has 0 fully saturated rings. The number of benzene rings is 1. The van der Waals surface area contributed by atoms with Crippen LogP contribution < -0.4 is 4.72 Å². The molecule has 0 bridgehead atoms. The van der Waals surface area contributed by atoms with Crippen LogP contribution in [0.3, 0.4) is 0 Å². The molecule has 0 spiro atoms. The molecular formula is C14H15NO4S. The first-order chi connectivity index (χ1) is 9.53. The van der Waals surface area contributed by atoms with Crippen LogP contribution in [0.5, 0.6) is 0 Å². The first-order valence-corrected chi connectivity index (χ1v) is 7.66. The van der Waals surface area contributed by atoms with Gasteiger partial charge in [-0.1, -0.05) is 19.1 Å². The Kier molecular flexibility index (Phi) is 4.36. The zero-order valence-electron chi connectivity index (χ0n) is 11.0. The number of carbonyl (C=O) groups excluding carboxylic acids is 1. The van der Waals surface area contributed by atoms with E-state index in [1.54, 1.807) is 31.2 Å².